The number of amides is 1. The highest BCUT2D eigenvalue weighted by molar-refractivity contribution is 8.00. The van der Waals surface area contributed by atoms with Gasteiger partial charge in [0.05, 0.1) is 5.75 Å². The molecule has 18 heavy (non-hydrogen) atoms. The maximum absolute atomic E-state index is 11.6. The van der Waals surface area contributed by atoms with Gasteiger partial charge in [0.15, 0.2) is 0 Å². The van der Waals surface area contributed by atoms with Crippen LogP contribution in [-0.4, -0.2) is 24.2 Å². The Labute approximate surface area is 113 Å². The van der Waals surface area contributed by atoms with Gasteiger partial charge in [-0.05, 0) is 37.1 Å². The molecule has 1 aliphatic carbocycles. The molecule has 0 saturated heterocycles. The van der Waals surface area contributed by atoms with Crippen molar-refractivity contribution in [3.8, 4) is 0 Å². The molecule has 1 saturated carbocycles. The molecule has 0 radical (unpaired) electrons. The molecule has 2 N–H and O–H groups in total. The average Bonchev–Trinajstić information content (AvgIpc) is 3.18. The summed E-state index contributed by atoms with van der Waals surface area (Å²) < 4.78 is 0. The molecular weight excluding hydrogens is 244 g/mol. The summed E-state index contributed by atoms with van der Waals surface area (Å²) in [5, 5.41) is 6.30. The van der Waals surface area contributed by atoms with Crippen LogP contribution < -0.4 is 10.6 Å². The van der Waals surface area contributed by atoms with Crippen LogP contribution in [0, 0.1) is 0 Å². The van der Waals surface area contributed by atoms with Crippen molar-refractivity contribution >= 4 is 17.7 Å². The summed E-state index contributed by atoms with van der Waals surface area (Å²) in [5.74, 6) is 0.667. The molecule has 1 aliphatic rings. The minimum Gasteiger partial charge on any atom is -0.353 e. The van der Waals surface area contributed by atoms with Crippen molar-refractivity contribution < 1.29 is 4.79 Å². The van der Waals surface area contributed by atoms with E-state index in [-0.39, 0.29) is 5.91 Å². The molecule has 0 atom stereocenters. The smallest absolute Gasteiger partial charge is 0.230 e. The van der Waals surface area contributed by atoms with Gasteiger partial charge in [0.2, 0.25) is 5.91 Å². The monoisotopic (exact) mass is 264 g/mol. The number of rotatable bonds is 7. The van der Waals surface area contributed by atoms with Gasteiger partial charge < -0.3 is 10.6 Å². The van der Waals surface area contributed by atoms with Gasteiger partial charge >= 0.3 is 0 Å². The fraction of sp³-hybridized carbons (Fsp3) is 0.500. The third-order valence-electron chi connectivity index (χ3n) is 2.79. The van der Waals surface area contributed by atoms with Crippen molar-refractivity contribution in [1.82, 2.24) is 10.6 Å². The van der Waals surface area contributed by atoms with Gasteiger partial charge in [0.25, 0.3) is 0 Å². The van der Waals surface area contributed by atoms with E-state index in [0.29, 0.717) is 11.8 Å². The first-order valence-electron chi connectivity index (χ1n) is 6.49. The average molecular weight is 264 g/mol. The van der Waals surface area contributed by atoms with E-state index >= 15 is 0 Å². The Morgan fingerprint density at radius 1 is 1.44 bits per heavy atom. The van der Waals surface area contributed by atoms with Gasteiger partial charge in [0.1, 0.15) is 0 Å². The summed E-state index contributed by atoms with van der Waals surface area (Å²) in [6.07, 6.45) is 2.29. The van der Waals surface area contributed by atoms with Crippen LogP contribution in [0.25, 0.3) is 0 Å². The van der Waals surface area contributed by atoms with Gasteiger partial charge in [-0.15, -0.1) is 11.8 Å². The maximum atomic E-state index is 11.6. The Morgan fingerprint density at radius 3 is 3.00 bits per heavy atom. The Bertz CT molecular complexity index is 405. The lowest BCUT2D eigenvalue weighted by molar-refractivity contribution is -0.118. The minimum atomic E-state index is 0.152. The van der Waals surface area contributed by atoms with E-state index < -0.39 is 0 Å². The third-order valence-corrected chi connectivity index (χ3v) is 3.78. The fourth-order valence-electron chi connectivity index (χ4n) is 1.66. The number of benzene rings is 1. The second-order valence-corrected chi connectivity index (χ2v) is 5.61. The van der Waals surface area contributed by atoms with Gasteiger partial charge in [-0.2, -0.15) is 0 Å². The molecule has 0 aromatic heterocycles. The lowest BCUT2D eigenvalue weighted by Gasteiger charge is -2.06. The van der Waals surface area contributed by atoms with Gasteiger partial charge in [-0.3, -0.25) is 4.79 Å². The molecule has 0 unspecified atom stereocenters. The fourth-order valence-corrected chi connectivity index (χ4v) is 2.45. The quantitative estimate of drug-likeness (QED) is 0.742. The predicted octanol–water partition coefficient (Wildman–Crippen LogP) is 2.17. The van der Waals surface area contributed by atoms with E-state index in [1.54, 1.807) is 11.8 Å². The molecule has 98 valence electrons. The van der Waals surface area contributed by atoms with Crippen molar-refractivity contribution in [1.29, 1.82) is 0 Å². The molecule has 1 fully saturated rings. The molecule has 2 rings (SSSR count). The highest BCUT2D eigenvalue weighted by Crippen LogP contribution is 2.21. The van der Waals surface area contributed by atoms with Crippen LogP contribution in [0.3, 0.4) is 0 Å². The second-order valence-electron chi connectivity index (χ2n) is 4.56. The van der Waals surface area contributed by atoms with Crippen LogP contribution in [0.2, 0.25) is 0 Å². The van der Waals surface area contributed by atoms with Gasteiger partial charge in [0, 0.05) is 17.5 Å². The number of nitrogens with one attached hydrogen (secondary N) is 2. The van der Waals surface area contributed by atoms with Crippen LogP contribution >= 0.6 is 11.8 Å². The first kappa shape index (κ1) is 13.4. The van der Waals surface area contributed by atoms with Crippen LogP contribution in [0.4, 0.5) is 0 Å². The van der Waals surface area contributed by atoms with Crippen LogP contribution in [0.1, 0.15) is 25.3 Å². The molecule has 1 aromatic rings. The summed E-state index contributed by atoms with van der Waals surface area (Å²) in [6, 6.07) is 8.82. The number of carbonyl (C=O) groups is 1. The van der Waals surface area contributed by atoms with Crippen molar-refractivity contribution in [3.63, 3.8) is 0 Å². The Kier molecular flexibility index (Phi) is 5.08. The lowest BCUT2D eigenvalue weighted by atomic mass is 10.2. The summed E-state index contributed by atoms with van der Waals surface area (Å²) in [4.78, 5) is 12.7. The van der Waals surface area contributed by atoms with Crippen molar-refractivity contribution in [3.05, 3.63) is 29.8 Å². The lowest BCUT2D eigenvalue weighted by Crippen LogP contribution is -2.26. The molecule has 0 aliphatic heterocycles. The van der Waals surface area contributed by atoms with E-state index in [9.17, 15) is 4.79 Å². The molecule has 1 amide bonds. The largest absolute Gasteiger partial charge is 0.353 e. The van der Waals surface area contributed by atoms with Crippen molar-refractivity contribution in [2.24, 2.45) is 0 Å². The highest BCUT2D eigenvalue weighted by atomic mass is 32.2. The zero-order valence-electron chi connectivity index (χ0n) is 10.7. The Morgan fingerprint density at radius 2 is 2.28 bits per heavy atom. The van der Waals surface area contributed by atoms with Crippen LogP contribution in [0.15, 0.2) is 29.2 Å². The summed E-state index contributed by atoms with van der Waals surface area (Å²) in [6.45, 7) is 3.96. The standard InChI is InChI=1S/C14H20N2OS/c1-2-15-9-11-4-3-5-13(8-11)18-10-14(17)16-12-6-7-12/h3-5,8,12,15H,2,6-7,9-10H2,1H3,(H,16,17). The third kappa shape index (κ3) is 4.70. The predicted molar refractivity (Wildman–Crippen MR) is 75.7 cm³/mol. The zero-order chi connectivity index (χ0) is 12.8. The van der Waals surface area contributed by atoms with Gasteiger partial charge in [-0.25, -0.2) is 0 Å². The van der Waals surface area contributed by atoms with E-state index in [4.69, 9.17) is 0 Å². The molecular formula is C14H20N2OS. The summed E-state index contributed by atoms with van der Waals surface area (Å²) in [5.41, 5.74) is 1.27. The van der Waals surface area contributed by atoms with Crippen LogP contribution in [0.5, 0.6) is 0 Å². The minimum absolute atomic E-state index is 0.152. The first-order chi connectivity index (χ1) is 8.78. The normalized spacial score (nSPS) is 14.5. The zero-order valence-corrected chi connectivity index (χ0v) is 11.6. The Balaban J connectivity index is 1.78. The van der Waals surface area contributed by atoms with Gasteiger partial charge in [-0.1, -0.05) is 19.1 Å². The molecule has 0 heterocycles. The van der Waals surface area contributed by atoms with E-state index in [1.165, 1.54) is 5.56 Å². The molecule has 4 heteroatoms. The van der Waals surface area contributed by atoms with E-state index in [1.807, 2.05) is 6.07 Å². The highest BCUT2D eigenvalue weighted by Gasteiger charge is 2.22. The number of hydrogen-bond acceptors (Lipinski definition) is 3. The molecule has 1 aromatic carbocycles. The van der Waals surface area contributed by atoms with E-state index in [0.717, 1.165) is 30.8 Å². The number of carbonyl (C=O) groups excluding carboxylic acids is 1. The second kappa shape index (κ2) is 6.81. The number of hydrogen-bond donors (Lipinski definition) is 2. The van der Waals surface area contributed by atoms with Crippen molar-refractivity contribution in [2.45, 2.75) is 37.2 Å². The molecule has 0 bridgehead atoms. The molecule has 0 spiro atoms. The number of thioether (sulfide) groups is 1. The summed E-state index contributed by atoms with van der Waals surface area (Å²) in [7, 11) is 0. The van der Waals surface area contributed by atoms with E-state index in [2.05, 4.69) is 35.8 Å². The Hall–Kier alpha value is -1.00. The summed E-state index contributed by atoms with van der Waals surface area (Å²) >= 11 is 1.61. The SMILES string of the molecule is CCNCc1cccc(SCC(=O)NC2CC2)c1. The van der Waals surface area contributed by atoms with Crippen LogP contribution in [-0.2, 0) is 11.3 Å². The maximum Gasteiger partial charge on any atom is 0.230 e. The topological polar surface area (TPSA) is 41.1 Å². The first-order valence-corrected chi connectivity index (χ1v) is 7.48. The molecule has 3 nitrogen and oxygen atoms in total. The van der Waals surface area contributed by atoms with Crippen molar-refractivity contribution in [2.75, 3.05) is 12.3 Å².